The molecule has 4 heteroatoms. The van der Waals surface area contributed by atoms with Crippen molar-refractivity contribution in [1.82, 2.24) is 5.32 Å². The van der Waals surface area contributed by atoms with Crippen LogP contribution >= 0.6 is 15.9 Å². The molecule has 1 aromatic rings. The van der Waals surface area contributed by atoms with Crippen LogP contribution in [0.3, 0.4) is 0 Å². The van der Waals surface area contributed by atoms with Crippen molar-refractivity contribution in [3.8, 4) is 0 Å². The number of hydrogen-bond donors (Lipinski definition) is 2. The van der Waals surface area contributed by atoms with Gasteiger partial charge in [-0.25, -0.2) is 0 Å². The largest absolute Gasteiger partial charge is 0.375 e. The molecule has 92 valence electrons. The van der Waals surface area contributed by atoms with Crippen LogP contribution in [0.25, 0.3) is 0 Å². The summed E-state index contributed by atoms with van der Waals surface area (Å²) in [4.78, 5) is 11.5. The van der Waals surface area contributed by atoms with Gasteiger partial charge in [-0.2, -0.15) is 0 Å². The van der Waals surface area contributed by atoms with E-state index in [1.807, 2.05) is 25.1 Å². The van der Waals surface area contributed by atoms with E-state index in [1.54, 1.807) is 0 Å². The lowest BCUT2D eigenvalue weighted by Gasteiger charge is -2.09. The molecule has 0 saturated heterocycles. The fraction of sp³-hybridized carbons (Fsp3) is 0.462. The lowest BCUT2D eigenvalue weighted by molar-refractivity contribution is -0.119. The zero-order chi connectivity index (χ0) is 12.3. The Balaban J connectivity index is 1.77. The average molecular weight is 297 g/mol. The van der Waals surface area contributed by atoms with Gasteiger partial charge in [-0.1, -0.05) is 6.07 Å². The Morgan fingerprint density at radius 1 is 1.47 bits per heavy atom. The third kappa shape index (κ3) is 4.04. The number of halogens is 1. The molecular weight excluding hydrogens is 280 g/mol. The molecule has 2 rings (SSSR count). The summed E-state index contributed by atoms with van der Waals surface area (Å²) < 4.78 is 0.993. The Kier molecular flexibility index (Phi) is 4.05. The molecule has 1 saturated carbocycles. The fourth-order valence-corrected chi connectivity index (χ4v) is 2.22. The lowest BCUT2D eigenvalue weighted by Crippen LogP contribution is -2.31. The minimum Gasteiger partial charge on any atom is -0.375 e. The van der Waals surface area contributed by atoms with Crippen LogP contribution in [0.5, 0.6) is 0 Å². The summed E-state index contributed by atoms with van der Waals surface area (Å²) in [5, 5.41) is 6.05. The highest BCUT2D eigenvalue weighted by Gasteiger charge is 2.21. The molecule has 0 radical (unpaired) electrons. The van der Waals surface area contributed by atoms with Crippen molar-refractivity contribution >= 4 is 27.5 Å². The van der Waals surface area contributed by atoms with Gasteiger partial charge >= 0.3 is 0 Å². The summed E-state index contributed by atoms with van der Waals surface area (Å²) in [5.74, 6) is 0.787. The van der Waals surface area contributed by atoms with Crippen molar-refractivity contribution in [2.45, 2.75) is 19.8 Å². The molecule has 0 spiro atoms. The smallest absolute Gasteiger partial charge is 0.239 e. The number of aryl methyl sites for hydroxylation is 1. The van der Waals surface area contributed by atoms with Gasteiger partial charge < -0.3 is 10.6 Å². The third-order valence-corrected chi connectivity index (χ3v) is 3.50. The quantitative estimate of drug-likeness (QED) is 0.877. The molecule has 1 aliphatic carbocycles. The number of hydrogen-bond acceptors (Lipinski definition) is 2. The van der Waals surface area contributed by atoms with Gasteiger partial charge in [0.2, 0.25) is 5.91 Å². The van der Waals surface area contributed by atoms with E-state index in [2.05, 4.69) is 26.6 Å². The average Bonchev–Trinajstić information content (AvgIpc) is 3.09. The molecule has 0 aliphatic heterocycles. The molecule has 3 nitrogen and oxygen atoms in total. The van der Waals surface area contributed by atoms with Gasteiger partial charge in [-0.3, -0.25) is 4.79 Å². The van der Waals surface area contributed by atoms with Gasteiger partial charge in [0.1, 0.15) is 0 Å². The van der Waals surface area contributed by atoms with E-state index in [-0.39, 0.29) is 5.91 Å². The second kappa shape index (κ2) is 5.54. The van der Waals surface area contributed by atoms with Crippen LogP contribution in [0.2, 0.25) is 0 Å². The van der Waals surface area contributed by atoms with Crippen LogP contribution in [0.1, 0.15) is 18.4 Å². The van der Waals surface area contributed by atoms with Crippen molar-refractivity contribution in [3.63, 3.8) is 0 Å². The maximum atomic E-state index is 11.5. The molecule has 0 bridgehead atoms. The van der Waals surface area contributed by atoms with Gasteiger partial charge in [0, 0.05) is 16.7 Å². The standard InChI is InChI=1S/C13H17BrN2O/c1-9-2-5-12(11(14)6-9)15-8-13(17)16-7-10-3-4-10/h2,5-6,10,15H,3-4,7-8H2,1H3,(H,16,17). The minimum absolute atomic E-state index is 0.0596. The van der Waals surface area contributed by atoms with Gasteiger partial charge in [-0.05, 0) is 59.3 Å². The first-order valence-electron chi connectivity index (χ1n) is 5.92. The van der Waals surface area contributed by atoms with Crippen molar-refractivity contribution in [2.75, 3.05) is 18.4 Å². The highest BCUT2D eigenvalue weighted by atomic mass is 79.9. The van der Waals surface area contributed by atoms with E-state index in [0.29, 0.717) is 6.54 Å². The zero-order valence-corrected chi connectivity index (χ0v) is 11.5. The summed E-state index contributed by atoms with van der Waals surface area (Å²) in [6.07, 6.45) is 2.52. The van der Waals surface area contributed by atoms with Gasteiger partial charge in [0.25, 0.3) is 0 Å². The first-order chi connectivity index (χ1) is 8.15. The first kappa shape index (κ1) is 12.4. The number of benzene rings is 1. The normalized spacial score (nSPS) is 14.5. The second-order valence-corrected chi connectivity index (χ2v) is 5.44. The highest BCUT2D eigenvalue weighted by molar-refractivity contribution is 9.10. The maximum Gasteiger partial charge on any atom is 0.239 e. The zero-order valence-electron chi connectivity index (χ0n) is 9.92. The van der Waals surface area contributed by atoms with Crippen LogP contribution in [-0.4, -0.2) is 19.0 Å². The summed E-state index contributed by atoms with van der Waals surface area (Å²) >= 11 is 3.48. The molecule has 2 N–H and O–H groups in total. The second-order valence-electron chi connectivity index (χ2n) is 4.58. The van der Waals surface area contributed by atoms with Crippen LogP contribution in [0.15, 0.2) is 22.7 Å². The molecule has 17 heavy (non-hydrogen) atoms. The predicted octanol–water partition coefficient (Wildman–Crippen LogP) is 2.70. The maximum absolute atomic E-state index is 11.5. The summed E-state index contributed by atoms with van der Waals surface area (Å²) in [6.45, 7) is 3.20. The van der Waals surface area contributed by atoms with E-state index in [0.717, 1.165) is 22.6 Å². The number of carbonyl (C=O) groups is 1. The molecule has 0 atom stereocenters. The van der Waals surface area contributed by atoms with E-state index >= 15 is 0 Å². The Morgan fingerprint density at radius 2 is 2.24 bits per heavy atom. The van der Waals surface area contributed by atoms with Crippen molar-refractivity contribution < 1.29 is 4.79 Å². The molecule has 1 fully saturated rings. The Bertz CT molecular complexity index is 416. The third-order valence-electron chi connectivity index (χ3n) is 2.85. The Hall–Kier alpha value is -1.03. The lowest BCUT2D eigenvalue weighted by atomic mass is 10.2. The van der Waals surface area contributed by atoms with Crippen molar-refractivity contribution in [1.29, 1.82) is 0 Å². The molecule has 0 aromatic heterocycles. The van der Waals surface area contributed by atoms with Crippen LogP contribution < -0.4 is 10.6 Å². The number of amides is 1. The molecular formula is C13H17BrN2O. The summed E-state index contributed by atoms with van der Waals surface area (Å²) in [6, 6.07) is 6.03. The van der Waals surface area contributed by atoms with Crippen molar-refractivity contribution in [2.24, 2.45) is 5.92 Å². The highest BCUT2D eigenvalue weighted by Crippen LogP contribution is 2.27. The topological polar surface area (TPSA) is 41.1 Å². The summed E-state index contributed by atoms with van der Waals surface area (Å²) in [7, 11) is 0. The Morgan fingerprint density at radius 3 is 2.88 bits per heavy atom. The minimum atomic E-state index is 0.0596. The van der Waals surface area contributed by atoms with Gasteiger partial charge in [0.05, 0.1) is 6.54 Å². The molecule has 0 heterocycles. The number of carbonyl (C=O) groups excluding carboxylic acids is 1. The predicted molar refractivity (Wildman–Crippen MR) is 73.1 cm³/mol. The van der Waals surface area contributed by atoms with Gasteiger partial charge in [-0.15, -0.1) is 0 Å². The Labute approximate surface area is 110 Å². The van der Waals surface area contributed by atoms with E-state index < -0.39 is 0 Å². The van der Waals surface area contributed by atoms with Crippen molar-refractivity contribution in [3.05, 3.63) is 28.2 Å². The van der Waals surface area contributed by atoms with E-state index in [1.165, 1.54) is 18.4 Å². The monoisotopic (exact) mass is 296 g/mol. The molecule has 1 aromatic carbocycles. The number of anilines is 1. The molecule has 1 aliphatic rings. The molecule has 0 unspecified atom stereocenters. The number of nitrogens with one attached hydrogen (secondary N) is 2. The van der Waals surface area contributed by atoms with Crippen LogP contribution in [0, 0.1) is 12.8 Å². The van der Waals surface area contributed by atoms with E-state index in [9.17, 15) is 4.79 Å². The SMILES string of the molecule is Cc1ccc(NCC(=O)NCC2CC2)c(Br)c1. The fourth-order valence-electron chi connectivity index (χ4n) is 1.58. The van der Waals surface area contributed by atoms with Gasteiger partial charge in [0.15, 0.2) is 0 Å². The van der Waals surface area contributed by atoms with Crippen LogP contribution in [-0.2, 0) is 4.79 Å². The van der Waals surface area contributed by atoms with Crippen LogP contribution in [0.4, 0.5) is 5.69 Å². The number of rotatable bonds is 5. The molecule has 1 amide bonds. The first-order valence-corrected chi connectivity index (χ1v) is 6.71. The van der Waals surface area contributed by atoms with E-state index in [4.69, 9.17) is 0 Å². The summed E-state index contributed by atoms with van der Waals surface area (Å²) in [5.41, 5.74) is 2.15.